The van der Waals surface area contributed by atoms with Crippen molar-refractivity contribution in [3.8, 4) is 12.1 Å². The van der Waals surface area contributed by atoms with Crippen LogP contribution in [0.25, 0.3) is 0 Å². The van der Waals surface area contributed by atoms with Crippen LogP contribution in [0.1, 0.15) is 11.1 Å². The fourth-order valence-electron chi connectivity index (χ4n) is 1.22. The van der Waals surface area contributed by atoms with Gasteiger partial charge in [0.2, 0.25) is 0 Å². The van der Waals surface area contributed by atoms with E-state index in [-0.39, 0.29) is 0 Å². The fraction of sp³-hybridized carbons (Fsp3) is 0. The molecular formula is C14H11BrN4. The number of benzene rings is 2. The predicted octanol–water partition coefficient (Wildman–Crippen LogP) is 3.04. The highest BCUT2D eigenvalue weighted by Gasteiger charge is 1.96. The van der Waals surface area contributed by atoms with Gasteiger partial charge in [-0.25, -0.2) is 0 Å². The first-order valence-electron chi connectivity index (χ1n) is 5.28. The molecule has 2 aromatic rings. The number of rotatable bonds is 0. The van der Waals surface area contributed by atoms with Gasteiger partial charge in [-0.3, -0.25) is 0 Å². The number of nitrogens with two attached hydrogens (primary N) is 2. The highest BCUT2D eigenvalue weighted by Crippen LogP contribution is 2.16. The van der Waals surface area contributed by atoms with E-state index in [9.17, 15) is 0 Å². The second-order valence-electron chi connectivity index (χ2n) is 3.54. The fourth-order valence-corrected chi connectivity index (χ4v) is 1.59. The van der Waals surface area contributed by atoms with Crippen molar-refractivity contribution in [3.63, 3.8) is 0 Å². The van der Waals surface area contributed by atoms with Crippen LogP contribution in [-0.2, 0) is 0 Å². The van der Waals surface area contributed by atoms with E-state index in [0.717, 1.165) is 4.47 Å². The summed E-state index contributed by atoms with van der Waals surface area (Å²) >= 11 is 3.23. The molecule has 0 aliphatic heterocycles. The smallest absolute Gasteiger partial charge is 0.101 e. The lowest BCUT2D eigenvalue weighted by molar-refractivity contribution is 1.47. The largest absolute Gasteiger partial charge is 0.398 e. The lowest BCUT2D eigenvalue weighted by Crippen LogP contribution is -1.88. The molecule has 0 saturated heterocycles. The number of hydrogen-bond donors (Lipinski definition) is 2. The number of hydrogen-bond acceptors (Lipinski definition) is 4. The van der Waals surface area contributed by atoms with Gasteiger partial charge in [0.05, 0.1) is 11.1 Å². The minimum Gasteiger partial charge on any atom is -0.398 e. The molecule has 0 saturated carbocycles. The molecule has 4 N–H and O–H groups in total. The summed E-state index contributed by atoms with van der Waals surface area (Å²) in [4.78, 5) is 0. The van der Waals surface area contributed by atoms with Crippen molar-refractivity contribution in [2.75, 3.05) is 11.5 Å². The first-order valence-corrected chi connectivity index (χ1v) is 6.07. The molecule has 5 heteroatoms. The molecule has 94 valence electrons. The third-order valence-corrected chi connectivity index (χ3v) is 2.71. The number of nitriles is 2. The summed E-state index contributed by atoms with van der Waals surface area (Å²) in [6.45, 7) is 0. The number of para-hydroxylation sites is 1. The second kappa shape index (κ2) is 7.05. The van der Waals surface area contributed by atoms with Crippen molar-refractivity contribution < 1.29 is 0 Å². The van der Waals surface area contributed by atoms with Gasteiger partial charge in [0.1, 0.15) is 12.1 Å². The maximum Gasteiger partial charge on any atom is 0.101 e. The van der Waals surface area contributed by atoms with Crippen molar-refractivity contribution in [2.45, 2.75) is 0 Å². The van der Waals surface area contributed by atoms with Gasteiger partial charge in [0.25, 0.3) is 0 Å². The molecule has 4 nitrogen and oxygen atoms in total. The summed E-state index contributed by atoms with van der Waals surface area (Å²) < 4.78 is 0.873. The SMILES string of the molecule is N#Cc1cc(Br)ccc1N.N#Cc1ccccc1N. The van der Waals surface area contributed by atoms with Crippen LogP contribution >= 0.6 is 15.9 Å². The van der Waals surface area contributed by atoms with Gasteiger partial charge < -0.3 is 11.5 Å². The maximum atomic E-state index is 8.49. The zero-order valence-electron chi connectivity index (χ0n) is 9.97. The van der Waals surface area contributed by atoms with Gasteiger partial charge >= 0.3 is 0 Å². The normalized spacial score (nSPS) is 8.58. The molecule has 2 rings (SSSR count). The molecule has 2 aromatic carbocycles. The molecule has 0 amide bonds. The number of nitrogens with zero attached hydrogens (tertiary/aromatic N) is 2. The minimum absolute atomic E-state index is 0.509. The van der Waals surface area contributed by atoms with Crippen LogP contribution in [0.4, 0.5) is 11.4 Å². The van der Waals surface area contributed by atoms with Crippen LogP contribution in [0.2, 0.25) is 0 Å². The van der Waals surface area contributed by atoms with Gasteiger partial charge in [0, 0.05) is 15.8 Å². The molecule has 0 atom stereocenters. The summed E-state index contributed by atoms with van der Waals surface area (Å²) in [7, 11) is 0. The van der Waals surface area contributed by atoms with Gasteiger partial charge in [-0.15, -0.1) is 0 Å². The second-order valence-corrected chi connectivity index (χ2v) is 4.46. The summed E-state index contributed by atoms with van der Waals surface area (Å²) in [6, 6.07) is 16.1. The first kappa shape index (κ1) is 14.6. The zero-order valence-corrected chi connectivity index (χ0v) is 11.6. The average molecular weight is 315 g/mol. The Morgan fingerprint density at radius 1 is 0.842 bits per heavy atom. The Balaban J connectivity index is 0.000000191. The summed E-state index contributed by atoms with van der Waals surface area (Å²) in [5, 5.41) is 16.9. The van der Waals surface area contributed by atoms with Crippen LogP contribution in [0.5, 0.6) is 0 Å². The number of nitrogen functional groups attached to an aromatic ring is 2. The zero-order chi connectivity index (χ0) is 14.3. The topological polar surface area (TPSA) is 99.6 Å². The van der Waals surface area contributed by atoms with Crippen LogP contribution in [0.3, 0.4) is 0 Å². The van der Waals surface area contributed by atoms with E-state index in [2.05, 4.69) is 15.9 Å². The van der Waals surface area contributed by atoms with E-state index in [1.54, 1.807) is 42.5 Å². The van der Waals surface area contributed by atoms with E-state index >= 15 is 0 Å². The van der Waals surface area contributed by atoms with Crippen molar-refractivity contribution in [1.82, 2.24) is 0 Å². The van der Waals surface area contributed by atoms with Gasteiger partial charge in [-0.1, -0.05) is 28.1 Å². The summed E-state index contributed by atoms with van der Waals surface area (Å²) in [5.41, 5.74) is 13.0. The van der Waals surface area contributed by atoms with Gasteiger partial charge in [-0.2, -0.15) is 10.5 Å². The molecule has 0 aliphatic carbocycles. The lowest BCUT2D eigenvalue weighted by Gasteiger charge is -1.95. The highest BCUT2D eigenvalue weighted by molar-refractivity contribution is 9.10. The Bertz CT molecular complexity index is 653. The third-order valence-electron chi connectivity index (χ3n) is 2.22. The average Bonchev–Trinajstić information content (AvgIpc) is 2.43. The summed E-state index contributed by atoms with van der Waals surface area (Å²) in [5.74, 6) is 0. The van der Waals surface area contributed by atoms with E-state index in [1.807, 2.05) is 12.1 Å². The monoisotopic (exact) mass is 314 g/mol. The predicted molar refractivity (Wildman–Crippen MR) is 78.8 cm³/mol. The van der Waals surface area contributed by atoms with Gasteiger partial charge in [0.15, 0.2) is 0 Å². The highest BCUT2D eigenvalue weighted by atomic mass is 79.9. The van der Waals surface area contributed by atoms with Crippen molar-refractivity contribution in [3.05, 3.63) is 58.1 Å². The van der Waals surface area contributed by atoms with Crippen molar-refractivity contribution in [2.24, 2.45) is 0 Å². The molecule has 0 aromatic heterocycles. The number of anilines is 2. The quantitative estimate of drug-likeness (QED) is 0.730. The molecule has 0 bridgehead atoms. The maximum absolute atomic E-state index is 8.49. The van der Waals surface area contributed by atoms with Crippen LogP contribution in [0, 0.1) is 22.7 Å². The first-order chi connectivity index (χ1) is 9.08. The van der Waals surface area contributed by atoms with E-state index < -0.39 is 0 Å². The summed E-state index contributed by atoms with van der Waals surface area (Å²) in [6.07, 6.45) is 0. The van der Waals surface area contributed by atoms with Crippen molar-refractivity contribution >= 4 is 27.3 Å². The van der Waals surface area contributed by atoms with Crippen LogP contribution in [0.15, 0.2) is 46.9 Å². The Kier molecular flexibility index (Phi) is 5.40. The Labute approximate surface area is 120 Å². The van der Waals surface area contributed by atoms with E-state index in [0.29, 0.717) is 22.5 Å². The third kappa shape index (κ3) is 4.34. The molecule has 0 aliphatic rings. The Hall–Kier alpha value is -2.50. The van der Waals surface area contributed by atoms with E-state index in [4.69, 9.17) is 22.0 Å². The molecular weight excluding hydrogens is 304 g/mol. The Morgan fingerprint density at radius 3 is 1.89 bits per heavy atom. The number of halogens is 1. The molecule has 0 radical (unpaired) electrons. The Morgan fingerprint density at radius 2 is 1.42 bits per heavy atom. The van der Waals surface area contributed by atoms with Crippen molar-refractivity contribution in [1.29, 1.82) is 10.5 Å². The van der Waals surface area contributed by atoms with Crippen LogP contribution in [-0.4, -0.2) is 0 Å². The van der Waals surface area contributed by atoms with Crippen LogP contribution < -0.4 is 11.5 Å². The van der Waals surface area contributed by atoms with Gasteiger partial charge in [-0.05, 0) is 30.3 Å². The molecule has 0 fully saturated rings. The molecule has 0 spiro atoms. The lowest BCUT2D eigenvalue weighted by atomic mass is 10.2. The molecule has 0 unspecified atom stereocenters. The minimum atomic E-state index is 0.509. The molecule has 0 heterocycles. The standard InChI is InChI=1S/C7H5BrN2.C7H6N2/c8-6-1-2-7(10)5(3-6)4-9;8-5-6-3-1-2-4-7(6)9/h1-3H,10H2;1-4H,9H2. The van der Waals surface area contributed by atoms with E-state index in [1.165, 1.54) is 0 Å². The molecule has 19 heavy (non-hydrogen) atoms.